The topological polar surface area (TPSA) is 49.3 Å². The van der Waals surface area contributed by atoms with Crippen molar-refractivity contribution in [3.8, 4) is 0 Å². The first-order valence-electron chi connectivity index (χ1n) is 5.17. The number of hydrogen-bond acceptors (Lipinski definition) is 2. The standard InChI is InChI=1S/C12H12ClF2NO2/c13-9-4-2-1-3-8(9)5-6-11(18)16-7-10(17)12(14)15/h1-6,10,12,17H,7H2,(H,16,18)/b6-5+. The maximum Gasteiger partial charge on any atom is 0.265 e. The van der Waals surface area contributed by atoms with E-state index in [4.69, 9.17) is 16.7 Å². The molecule has 2 N–H and O–H groups in total. The molecule has 0 heterocycles. The largest absolute Gasteiger partial charge is 0.385 e. The molecular formula is C12H12ClF2NO2. The fourth-order valence-electron chi connectivity index (χ4n) is 1.13. The number of aliphatic hydroxyl groups is 1. The van der Waals surface area contributed by atoms with Gasteiger partial charge in [0.05, 0.1) is 0 Å². The molecule has 0 fully saturated rings. The van der Waals surface area contributed by atoms with E-state index in [1.807, 2.05) is 0 Å². The minimum Gasteiger partial charge on any atom is -0.385 e. The lowest BCUT2D eigenvalue weighted by molar-refractivity contribution is -0.117. The molecule has 0 radical (unpaired) electrons. The van der Waals surface area contributed by atoms with Crippen LogP contribution in [0.5, 0.6) is 0 Å². The summed E-state index contributed by atoms with van der Waals surface area (Å²) >= 11 is 5.85. The summed E-state index contributed by atoms with van der Waals surface area (Å²) in [4.78, 5) is 11.3. The number of hydrogen-bond donors (Lipinski definition) is 2. The Morgan fingerprint density at radius 1 is 1.44 bits per heavy atom. The minimum atomic E-state index is -2.88. The van der Waals surface area contributed by atoms with Crippen molar-refractivity contribution in [1.29, 1.82) is 0 Å². The zero-order chi connectivity index (χ0) is 13.5. The smallest absolute Gasteiger partial charge is 0.265 e. The molecule has 0 spiro atoms. The molecule has 6 heteroatoms. The van der Waals surface area contributed by atoms with E-state index in [9.17, 15) is 13.6 Å². The number of benzene rings is 1. The maximum atomic E-state index is 11.9. The highest BCUT2D eigenvalue weighted by molar-refractivity contribution is 6.32. The highest BCUT2D eigenvalue weighted by Gasteiger charge is 2.16. The molecule has 1 aromatic carbocycles. The zero-order valence-electron chi connectivity index (χ0n) is 9.32. The van der Waals surface area contributed by atoms with Crippen LogP contribution in [0.2, 0.25) is 5.02 Å². The average Bonchev–Trinajstić information content (AvgIpc) is 2.34. The molecule has 18 heavy (non-hydrogen) atoms. The third kappa shape index (κ3) is 4.81. The number of rotatable bonds is 5. The van der Waals surface area contributed by atoms with Crippen LogP contribution < -0.4 is 5.32 Å². The molecule has 0 aliphatic heterocycles. The Morgan fingerprint density at radius 2 is 2.11 bits per heavy atom. The third-order valence-corrected chi connectivity index (χ3v) is 2.44. The second kappa shape index (κ2) is 7.08. The van der Waals surface area contributed by atoms with Crippen molar-refractivity contribution >= 4 is 23.6 Å². The number of nitrogens with one attached hydrogen (secondary N) is 1. The lowest BCUT2D eigenvalue weighted by atomic mass is 10.2. The van der Waals surface area contributed by atoms with Gasteiger partial charge in [-0.2, -0.15) is 0 Å². The second-order valence-electron chi connectivity index (χ2n) is 3.50. The summed E-state index contributed by atoms with van der Waals surface area (Å²) in [5.74, 6) is -0.574. The molecule has 98 valence electrons. The van der Waals surface area contributed by atoms with Gasteiger partial charge in [-0.1, -0.05) is 29.8 Å². The summed E-state index contributed by atoms with van der Waals surface area (Å²) in [6.45, 7) is -0.497. The Morgan fingerprint density at radius 3 is 2.72 bits per heavy atom. The number of alkyl halides is 2. The van der Waals surface area contributed by atoms with E-state index in [1.54, 1.807) is 24.3 Å². The van der Waals surface area contributed by atoms with Crippen LogP contribution in [0.3, 0.4) is 0 Å². The predicted molar refractivity (Wildman–Crippen MR) is 65.5 cm³/mol. The quantitative estimate of drug-likeness (QED) is 0.809. The molecule has 1 rings (SSSR count). The molecule has 0 aliphatic rings. The molecule has 0 bridgehead atoms. The zero-order valence-corrected chi connectivity index (χ0v) is 10.1. The molecular weight excluding hydrogens is 264 g/mol. The van der Waals surface area contributed by atoms with Gasteiger partial charge in [-0.25, -0.2) is 8.78 Å². The van der Waals surface area contributed by atoms with Crippen LogP contribution in [-0.4, -0.2) is 30.1 Å². The van der Waals surface area contributed by atoms with Gasteiger partial charge in [0.1, 0.15) is 6.10 Å². The van der Waals surface area contributed by atoms with E-state index in [2.05, 4.69) is 5.32 Å². The Labute approximate surface area is 108 Å². The summed E-state index contributed by atoms with van der Waals surface area (Å²) in [7, 11) is 0. The van der Waals surface area contributed by atoms with Gasteiger partial charge in [0, 0.05) is 17.6 Å². The lowest BCUT2D eigenvalue weighted by Gasteiger charge is -2.08. The van der Waals surface area contributed by atoms with Crippen LogP contribution in [0, 0.1) is 0 Å². The summed E-state index contributed by atoms with van der Waals surface area (Å²) in [6, 6.07) is 6.88. The molecule has 1 atom stereocenters. The number of carbonyl (C=O) groups is 1. The van der Waals surface area contributed by atoms with Crippen molar-refractivity contribution in [2.24, 2.45) is 0 Å². The molecule has 3 nitrogen and oxygen atoms in total. The Hall–Kier alpha value is -1.46. The van der Waals surface area contributed by atoms with E-state index in [0.29, 0.717) is 10.6 Å². The highest BCUT2D eigenvalue weighted by Crippen LogP contribution is 2.15. The molecule has 0 saturated carbocycles. The van der Waals surface area contributed by atoms with Gasteiger partial charge in [-0.05, 0) is 17.7 Å². The average molecular weight is 276 g/mol. The van der Waals surface area contributed by atoms with E-state index in [1.165, 1.54) is 12.2 Å². The van der Waals surface area contributed by atoms with Gasteiger partial charge in [-0.3, -0.25) is 4.79 Å². The number of carbonyl (C=O) groups excluding carboxylic acids is 1. The molecule has 0 saturated heterocycles. The summed E-state index contributed by atoms with van der Waals surface area (Å²) < 4.78 is 23.9. The van der Waals surface area contributed by atoms with Crippen LogP contribution in [0.1, 0.15) is 5.56 Å². The summed E-state index contributed by atoms with van der Waals surface area (Å²) in [5.41, 5.74) is 0.642. The number of amides is 1. The van der Waals surface area contributed by atoms with Crippen LogP contribution in [-0.2, 0) is 4.79 Å². The van der Waals surface area contributed by atoms with E-state index >= 15 is 0 Å². The van der Waals surface area contributed by atoms with Gasteiger partial charge >= 0.3 is 0 Å². The molecule has 1 amide bonds. The Balaban J connectivity index is 2.48. The Bertz CT molecular complexity index is 438. The predicted octanol–water partition coefficient (Wildman–Crippen LogP) is 2.10. The monoisotopic (exact) mass is 275 g/mol. The normalized spacial score (nSPS) is 12.9. The van der Waals surface area contributed by atoms with Crippen LogP contribution >= 0.6 is 11.6 Å². The lowest BCUT2D eigenvalue weighted by Crippen LogP contribution is -2.34. The molecule has 0 aromatic heterocycles. The number of halogens is 3. The van der Waals surface area contributed by atoms with E-state index in [-0.39, 0.29) is 0 Å². The first-order chi connectivity index (χ1) is 8.50. The summed E-state index contributed by atoms with van der Waals surface area (Å²) in [6.07, 6.45) is -2.10. The van der Waals surface area contributed by atoms with Gasteiger partial charge < -0.3 is 10.4 Å². The van der Waals surface area contributed by atoms with E-state index < -0.39 is 25.0 Å². The van der Waals surface area contributed by atoms with Crippen LogP contribution in [0.4, 0.5) is 8.78 Å². The van der Waals surface area contributed by atoms with Crippen LogP contribution in [0.25, 0.3) is 6.08 Å². The van der Waals surface area contributed by atoms with Crippen molar-refractivity contribution in [2.75, 3.05) is 6.54 Å². The Kier molecular flexibility index (Phi) is 5.74. The van der Waals surface area contributed by atoms with E-state index in [0.717, 1.165) is 0 Å². The van der Waals surface area contributed by atoms with Crippen molar-refractivity contribution < 1.29 is 18.7 Å². The maximum absolute atomic E-state index is 11.9. The van der Waals surface area contributed by atoms with Gasteiger partial charge in [0.25, 0.3) is 6.43 Å². The minimum absolute atomic E-state index is 0.481. The fourth-order valence-corrected chi connectivity index (χ4v) is 1.33. The first-order valence-corrected chi connectivity index (χ1v) is 5.55. The van der Waals surface area contributed by atoms with Gasteiger partial charge in [-0.15, -0.1) is 0 Å². The second-order valence-corrected chi connectivity index (χ2v) is 3.91. The SMILES string of the molecule is O=C(/C=C/c1ccccc1Cl)NCC(O)C(F)F. The van der Waals surface area contributed by atoms with Crippen molar-refractivity contribution in [3.05, 3.63) is 40.9 Å². The highest BCUT2D eigenvalue weighted by atomic mass is 35.5. The summed E-state index contributed by atoms with van der Waals surface area (Å²) in [5, 5.41) is 11.4. The fraction of sp³-hybridized carbons (Fsp3) is 0.250. The van der Waals surface area contributed by atoms with Crippen molar-refractivity contribution in [2.45, 2.75) is 12.5 Å². The molecule has 1 aromatic rings. The number of aliphatic hydroxyl groups excluding tert-OH is 1. The van der Waals surface area contributed by atoms with Crippen molar-refractivity contribution in [1.82, 2.24) is 5.32 Å². The molecule has 1 unspecified atom stereocenters. The molecule has 0 aliphatic carbocycles. The van der Waals surface area contributed by atoms with Gasteiger partial charge in [0.2, 0.25) is 5.91 Å². The van der Waals surface area contributed by atoms with Gasteiger partial charge in [0.15, 0.2) is 0 Å². The van der Waals surface area contributed by atoms with Crippen LogP contribution in [0.15, 0.2) is 30.3 Å². The van der Waals surface area contributed by atoms with Crippen molar-refractivity contribution in [3.63, 3.8) is 0 Å². The third-order valence-electron chi connectivity index (χ3n) is 2.10. The first kappa shape index (κ1) is 14.6.